The van der Waals surface area contributed by atoms with Crippen molar-refractivity contribution in [3.63, 3.8) is 0 Å². The monoisotopic (exact) mass is 333 g/mol. The molecule has 0 saturated heterocycles. The Hall–Kier alpha value is -1.30. The van der Waals surface area contributed by atoms with E-state index in [1.807, 2.05) is 32.0 Å². The molecule has 0 heterocycles. The van der Waals surface area contributed by atoms with Crippen LogP contribution < -0.4 is 16.4 Å². The molecule has 0 aliphatic heterocycles. The third kappa shape index (κ3) is 6.33. The van der Waals surface area contributed by atoms with Gasteiger partial charge in [0.1, 0.15) is 0 Å². The molecule has 0 fully saturated rings. The van der Waals surface area contributed by atoms with E-state index < -0.39 is 0 Å². The van der Waals surface area contributed by atoms with Gasteiger partial charge in [0, 0.05) is 5.02 Å². The highest BCUT2D eigenvalue weighted by Gasteiger charge is 2.20. The van der Waals surface area contributed by atoms with Crippen LogP contribution in [0.4, 0.5) is 0 Å². The maximum Gasteiger partial charge on any atom is 0.239 e. The average molecular weight is 334 g/mol. The number of nitrogens with one attached hydrogen (secondary N) is 2. The minimum absolute atomic E-state index is 0. The van der Waals surface area contributed by atoms with Crippen LogP contribution in [0.3, 0.4) is 0 Å². The lowest BCUT2D eigenvalue weighted by molar-refractivity contribution is -0.126. The lowest BCUT2D eigenvalue weighted by Crippen LogP contribution is -2.41. The third-order valence-electron chi connectivity index (χ3n) is 2.85. The predicted octanol–water partition coefficient (Wildman–Crippen LogP) is 1.65. The Morgan fingerprint density at radius 1 is 1.24 bits per heavy atom. The SMILES string of the molecule is CC(C)C(NC(=O)CNC(=O)CN)c1ccccc1Cl.Cl. The van der Waals surface area contributed by atoms with Gasteiger partial charge in [-0.1, -0.05) is 43.6 Å². The zero-order chi connectivity index (χ0) is 15.1. The summed E-state index contributed by atoms with van der Waals surface area (Å²) < 4.78 is 0. The summed E-state index contributed by atoms with van der Waals surface area (Å²) in [5.41, 5.74) is 6.02. The average Bonchev–Trinajstić information content (AvgIpc) is 2.42. The number of amides is 2. The quantitative estimate of drug-likeness (QED) is 0.740. The number of rotatable bonds is 6. The van der Waals surface area contributed by atoms with Gasteiger partial charge in [-0.25, -0.2) is 0 Å². The van der Waals surface area contributed by atoms with Crippen molar-refractivity contribution in [3.05, 3.63) is 34.9 Å². The highest BCUT2D eigenvalue weighted by molar-refractivity contribution is 6.31. The van der Waals surface area contributed by atoms with Crippen LogP contribution in [-0.2, 0) is 9.59 Å². The molecule has 1 unspecified atom stereocenters. The van der Waals surface area contributed by atoms with Gasteiger partial charge in [0.05, 0.1) is 19.1 Å². The first-order valence-corrected chi connectivity index (χ1v) is 6.84. The molecule has 0 aromatic heterocycles. The topological polar surface area (TPSA) is 84.2 Å². The number of benzene rings is 1. The highest BCUT2D eigenvalue weighted by atomic mass is 35.5. The summed E-state index contributed by atoms with van der Waals surface area (Å²) in [4.78, 5) is 22.9. The first-order valence-electron chi connectivity index (χ1n) is 6.46. The van der Waals surface area contributed by atoms with Crippen LogP contribution in [0.1, 0.15) is 25.5 Å². The molecule has 0 bridgehead atoms. The maximum absolute atomic E-state index is 11.9. The zero-order valence-electron chi connectivity index (χ0n) is 12.1. The molecule has 1 rings (SSSR count). The van der Waals surface area contributed by atoms with E-state index in [4.69, 9.17) is 17.3 Å². The van der Waals surface area contributed by atoms with E-state index in [-0.39, 0.29) is 49.3 Å². The van der Waals surface area contributed by atoms with E-state index >= 15 is 0 Å². The summed E-state index contributed by atoms with van der Waals surface area (Å²) in [6.45, 7) is 3.76. The number of nitrogens with two attached hydrogens (primary N) is 1. The molecule has 5 nitrogen and oxygen atoms in total. The summed E-state index contributed by atoms with van der Waals surface area (Å²) in [6.07, 6.45) is 0. The van der Waals surface area contributed by atoms with Crippen LogP contribution in [0.25, 0.3) is 0 Å². The van der Waals surface area contributed by atoms with E-state index in [1.165, 1.54) is 0 Å². The van der Waals surface area contributed by atoms with Crippen LogP contribution in [0.15, 0.2) is 24.3 Å². The van der Waals surface area contributed by atoms with Gasteiger partial charge >= 0.3 is 0 Å². The molecule has 0 spiro atoms. The summed E-state index contributed by atoms with van der Waals surface area (Å²) in [5.74, 6) is -0.464. The Morgan fingerprint density at radius 3 is 2.38 bits per heavy atom. The van der Waals surface area contributed by atoms with E-state index in [0.717, 1.165) is 5.56 Å². The van der Waals surface area contributed by atoms with Crippen LogP contribution in [0.2, 0.25) is 5.02 Å². The van der Waals surface area contributed by atoms with Crippen molar-refractivity contribution in [1.29, 1.82) is 0 Å². The van der Waals surface area contributed by atoms with Crippen molar-refractivity contribution in [2.75, 3.05) is 13.1 Å². The largest absolute Gasteiger partial charge is 0.347 e. The summed E-state index contributed by atoms with van der Waals surface area (Å²) in [5, 5.41) is 5.92. The standard InChI is InChI=1S/C14H20ClN3O2.ClH/c1-9(2)14(10-5-3-4-6-11(10)15)18-13(20)8-17-12(19)7-16;/h3-6,9,14H,7-8,16H2,1-2H3,(H,17,19)(H,18,20);1H. The molecule has 0 radical (unpaired) electrons. The minimum Gasteiger partial charge on any atom is -0.347 e. The summed E-state index contributed by atoms with van der Waals surface area (Å²) >= 11 is 6.16. The number of hydrogen-bond acceptors (Lipinski definition) is 3. The van der Waals surface area contributed by atoms with E-state index in [9.17, 15) is 9.59 Å². The molecule has 1 aromatic rings. The number of carbonyl (C=O) groups excluding carboxylic acids is 2. The molecule has 4 N–H and O–H groups in total. The van der Waals surface area contributed by atoms with Gasteiger partial charge in [-0.05, 0) is 17.5 Å². The molecule has 0 aliphatic carbocycles. The van der Waals surface area contributed by atoms with Crippen LogP contribution in [0.5, 0.6) is 0 Å². The first-order chi connectivity index (χ1) is 9.45. The maximum atomic E-state index is 11.9. The molecular formula is C14H21Cl2N3O2. The fourth-order valence-corrected chi connectivity index (χ4v) is 2.06. The molecule has 118 valence electrons. The van der Waals surface area contributed by atoms with Gasteiger partial charge in [0.15, 0.2) is 0 Å². The predicted molar refractivity (Wildman–Crippen MR) is 86.5 cm³/mol. The Morgan fingerprint density at radius 2 is 1.86 bits per heavy atom. The normalized spacial score (nSPS) is 11.5. The van der Waals surface area contributed by atoms with Gasteiger partial charge in [-0.3, -0.25) is 9.59 Å². The minimum atomic E-state index is -0.362. The van der Waals surface area contributed by atoms with Crippen LogP contribution in [-0.4, -0.2) is 24.9 Å². The molecule has 1 atom stereocenters. The van der Waals surface area contributed by atoms with E-state index in [1.54, 1.807) is 6.07 Å². The first kappa shape index (κ1) is 19.7. The molecule has 0 aliphatic rings. The molecule has 2 amide bonds. The van der Waals surface area contributed by atoms with Crippen molar-refractivity contribution >= 4 is 35.8 Å². The molecule has 0 saturated carbocycles. The van der Waals surface area contributed by atoms with Gasteiger partial charge in [-0.2, -0.15) is 0 Å². The number of hydrogen-bond donors (Lipinski definition) is 3. The van der Waals surface area contributed by atoms with Crippen LogP contribution >= 0.6 is 24.0 Å². The van der Waals surface area contributed by atoms with E-state index in [0.29, 0.717) is 5.02 Å². The smallest absolute Gasteiger partial charge is 0.239 e. The Kier molecular flexibility index (Phi) is 9.01. The van der Waals surface area contributed by atoms with Crippen molar-refractivity contribution in [1.82, 2.24) is 10.6 Å². The Labute approximate surface area is 136 Å². The number of carbonyl (C=O) groups is 2. The second-order valence-corrected chi connectivity index (χ2v) is 5.20. The van der Waals surface area contributed by atoms with Gasteiger partial charge in [0.2, 0.25) is 11.8 Å². The van der Waals surface area contributed by atoms with E-state index in [2.05, 4.69) is 10.6 Å². The second-order valence-electron chi connectivity index (χ2n) is 4.79. The van der Waals surface area contributed by atoms with Crippen LogP contribution in [0, 0.1) is 5.92 Å². The second kappa shape index (κ2) is 9.60. The van der Waals surface area contributed by atoms with Gasteiger partial charge in [-0.15, -0.1) is 12.4 Å². The van der Waals surface area contributed by atoms with Gasteiger partial charge in [0.25, 0.3) is 0 Å². The van der Waals surface area contributed by atoms with Crippen molar-refractivity contribution in [3.8, 4) is 0 Å². The summed E-state index contributed by atoms with van der Waals surface area (Å²) in [7, 11) is 0. The fourth-order valence-electron chi connectivity index (χ4n) is 1.81. The lowest BCUT2D eigenvalue weighted by atomic mass is 9.96. The Bertz CT molecular complexity index is 481. The molecule has 21 heavy (non-hydrogen) atoms. The van der Waals surface area contributed by atoms with Gasteiger partial charge < -0.3 is 16.4 Å². The molecule has 7 heteroatoms. The van der Waals surface area contributed by atoms with Crippen molar-refractivity contribution in [2.24, 2.45) is 11.7 Å². The number of halogens is 2. The Balaban J connectivity index is 0.00000400. The fraction of sp³-hybridized carbons (Fsp3) is 0.429. The van der Waals surface area contributed by atoms with Crippen molar-refractivity contribution in [2.45, 2.75) is 19.9 Å². The lowest BCUT2D eigenvalue weighted by Gasteiger charge is -2.24. The van der Waals surface area contributed by atoms with Crippen molar-refractivity contribution < 1.29 is 9.59 Å². The highest BCUT2D eigenvalue weighted by Crippen LogP contribution is 2.27. The third-order valence-corrected chi connectivity index (χ3v) is 3.20. The molecule has 1 aromatic carbocycles. The summed E-state index contributed by atoms with van der Waals surface area (Å²) in [6, 6.07) is 7.18. The molecular weight excluding hydrogens is 313 g/mol. The zero-order valence-corrected chi connectivity index (χ0v) is 13.6.